The largest absolute Gasteiger partial charge is 0.496 e. The Morgan fingerprint density at radius 3 is 2.84 bits per heavy atom. The first-order valence-electron chi connectivity index (χ1n) is 5.95. The van der Waals surface area contributed by atoms with Gasteiger partial charge in [-0.15, -0.1) is 0 Å². The average molecular weight is 282 g/mol. The van der Waals surface area contributed by atoms with E-state index in [0.717, 1.165) is 0 Å². The lowest BCUT2D eigenvalue weighted by Gasteiger charge is -2.16. The molecule has 2 rings (SSSR count). The van der Waals surface area contributed by atoms with Crippen molar-refractivity contribution in [1.29, 1.82) is 0 Å². The van der Waals surface area contributed by atoms with E-state index in [4.69, 9.17) is 26.6 Å². The summed E-state index contributed by atoms with van der Waals surface area (Å²) >= 11 is 5.98. The summed E-state index contributed by atoms with van der Waals surface area (Å²) in [5.41, 5.74) is 6.12. The first-order chi connectivity index (χ1) is 8.97. The predicted octanol–water partition coefficient (Wildman–Crippen LogP) is 2.98. The smallest absolute Gasteiger partial charge is 0.261 e. The number of ether oxygens (including phenoxy) is 1. The maximum Gasteiger partial charge on any atom is 0.261 e. The second kappa shape index (κ2) is 5.19. The third-order valence-corrected chi connectivity index (χ3v) is 3.30. The second-order valence-electron chi connectivity index (χ2n) is 4.54. The zero-order valence-electron chi connectivity index (χ0n) is 11.1. The number of benzene rings is 1. The number of rotatable bonds is 4. The van der Waals surface area contributed by atoms with E-state index in [1.165, 1.54) is 0 Å². The van der Waals surface area contributed by atoms with Crippen molar-refractivity contribution in [2.45, 2.75) is 25.8 Å². The molecule has 19 heavy (non-hydrogen) atoms. The summed E-state index contributed by atoms with van der Waals surface area (Å²) in [6.07, 6.45) is 0.707. The molecule has 2 N–H and O–H groups in total. The molecule has 0 amide bonds. The van der Waals surface area contributed by atoms with Crippen LogP contribution in [0.4, 0.5) is 0 Å². The van der Waals surface area contributed by atoms with Crippen LogP contribution in [0.2, 0.25) is 5.02 Å². The van der Waals surface area contributed by atoms with Gasteiger partial charge >= 0.3 is 0 Å². The molecule has 102 valence electrons. The van der Waals surface area contributed by atoms with E-state index in [9.17, 15) is 0 Å². The fraction of sp³-hybridized carbons (Fsp3) is 0.385. The maximum absolute atomic E-state index is 6.09. The van der Waals surface area contributed by atoms with Gasteiger partial charge in [-0.1, -0.05) is 23.7 Å². The SMILES string of the molecule is CCC(C)(N)c1noc(-c2cc(Cl)ccc2OC)n1. The molecule has 0 saturated heterocycles. The van der Waals surface area contributed by atoms with Gasteiger partial charge in [-0.05, 0) is 31.5 Å². The van der Waals surface area contributed by atoms with Crippen molar-refractivity contribution in [2.75, 3.05) is 7.11 Å². The molecular weight excluding hydrogens is 266 g/mol. The minimum atomic E-state index is -0.617. The highest BCUT2D eigenvalue weighted by molar-refractivity contribution is 6.30. The Bertz CT molecular complexity index is 581. The Hall–Kier alpha value is -1.59. The standard InChI is InChI=1S/C13H16ClN3O2/c1-4-13(2,15)12-16-11(19-17-12)9-7-8(14)5-6-10(9)18-3/h5-7H,4,15H2,1-3H3. The van der Waals surface area contributed by atoms with Crippen LogP contribution in [0, 0.1) is 0 Å². The molecule has 0 aliphatic heterocycles. The van der Waals surface area contributed by atoms with Crippen molar-refractivity contribution >= 4 is 11.6 Å². The van der Waals surface area contributed by atoms with Gasteiger partial charge in [0.05, 0.1) is 18.2 Å². The van der Waals surface area contributed by atoms with Crippen LogP contribution in [-0.2, 0) is 5.54 Å². The number of nitrogens with zero attached hydrogens (tertiary/aromatic N) is 2. The molecular formula is C13H16ClN3O2. The molecule has 1 heterocycles. The summed E-state index contributed by atoms with van der Waals surface area (Å²) in [6.45, 7) is 3.83. The highest BCUT2D eigenvalue weighted by Gasteiger charge is 2.26. The normalized spacial score (nSPS) is 14.2. The fourth-order valence-electron chi connectivity index (χ4n) is 1.57. The second-order valence-corrected chi connectivity index (χ2v) is 4.98. The Morgan fingerprint density at radius 2 is 2.21 bits per heavy atom. The molecule has 1 aromatic carbocycles. The van der Waals surface area contributed by atoms with E-state index in [0.29, 0.717) is 34.5 Å². The Morgan fingerprint density at radius 1 is 1.47 bits per heavy atom. The van der Waals surface area contributed by atoms with Crippen LogP contribution in [0.5, 0.6) is 5.75 Å². The highest BCUT2D eigenvalue weighted by Crippen LogP contribution is 2.32. The molecule has 0 spiro atoms. The number of halogens is 1. The van der Waals surface area contributed by atoms with Gasteiger partial charge in [0.2, 0.25) is 0 Å². The number of methoxy groups -OCH3 is 1. The number of hydrogen-bond donors (Lipinski definition) is 1. The third-order valence-electron chi connectivity index (χ3n) is 3.06. The molecule has 0 aliphatic carbocycles. The Kier molecular flexibility index (Phi) is 3.78. The van der Waals surface area contributed by atoms with Crippen molar-refractivity contribution in [3.63, 3.8) is 0 Å². The number of hydrogen-bond acceptors (Lipinski definition) is 5. The summed E-state index contributed by atoms with van der Waals surface area (Å²) in [5.74, 6) is 1.43. The molecule has 0 radical (unpaired) electrons. The summed E-state index contributed by atoms with van der Waals surface area (Å²) < 4.78 is 10.5. The van der Waals surface area contributed by atoms with Crippen LogP contribution in [0.25, 0.3) is 11.5 Å². The number of aromatic nitrogens is 2. The summed E-state index contributed by atoms with van der Waals surface area (Å²) in [4.78, 5) is 4.33. The molecule has 1 atom stereocenters. The average Bonchev–Trinajstić information content (AvgIpc) is 2.89. The summed E-state index contributed by atoms with van der Waals surface area (Å²) in [7, 11) is 1.57. The van der Waals surface area contributed by atoms with Crippen molar-refractivity contribution < 1.29 is 9.26 Å². The molecule has 0 fully saturated rings. The van der Waals surface area contributed by atoms with E-state index >= 15 is 0 Å². The molecule has 1 unspecified atom stereocenters. The lowest BCUT2D eigenvalue weighted by atomic mass is 10.00. The number of nitrogens with two attached hydrogens (primary N) is 1. The quantitative estimate of drug-likeness (QED) is 0.932. The van der Waals surface area contributed by atoms with E-state index in [-0.39, 0.29) is 0 Å². The Labute approximate surface area is 116 Å². The first-order valence-corrected chi connectivity index (χ1v) is 6.32. The van der Waals surface area contributed by atoms with Crippen molar-refractivity contribution in [1.82, 2.24) is 10.1 Å². The molecule has 0 saturated carbocycles. The highest BCUT2D eigenvalue weighted by atomic mass is 35.5. The van der Waals surface area contributed by atoms with Gasteiger partial charge in [-0.3, -0.25) is 0 Å². The first kappa shape index (κ1) is 13.8. The fourth-order valence-corrected chi connectivity index (χ4v) is 1.74. The maximum atomic E-state index is 6.09. The topological polar surface area (TPSA) is 74.2 Å². The third kappa shape index (κ3) is 2.72. The predicted molar refractivity (Wildman–Crippen MR) is 73.1 cm³/mol. The monoisotopic (exact) mass is 281 g/mol. The van der Waals surface area contributed by atoms with Gasteiger partial charge in [0.1, 0.15) is 5.75 Å². The zero-order chi connectivity index (χ0) is 14.0. The minimum Gasteiger partial charge on any atom is -0.496 e. The van der Waals surface area contributed by atoms with Crippen LogP contribution >= 0.6 is 11.6 Å². The van der Waals surface area contributed by atoms with Gasteiger partial charge in [-0.25, -0.2) is 0 Å². The van der Waals surface area contributed by atoms with Gasteiger partial charge in [0.25, 0.3) is 5.89 Å². The summed E-state index contributed by atoms with van der Waals surface area (Å²) in [5, 5.41) is 4.50. The van der Waals surface area contributed by atoms with E-state index < -0.39 is 5.54 Å². The molecule has 1 aromatic heterocycles. The van der Waals surface area contributed by atoms with Crippen LogP contribution < -0.4 is 10.5 Å². The lowest BCUT2D eigenvalue weighted by Crippen LogP contribution is -2.33. The molecule has 2 aromatic rings. The molecule has 0 bridgehead atoms. The van der Waals surface area contributed by atoms with E-state index in [1.807, 2.05) is 13.8 Å². The van der Waals surface area contributed by atoms with Gasteiger partial charge in [0.15, 0.2) is 5.82 Å². The zero-order valence-corrected chi connectivity index (χ0v) is 11.9. The van der Waals surface area contributed by atoms with Gasteiger partial charge in [-0.2, -0.15) is 4.98 Å². The van der Waals surface area contributed by atoms with Crippen molar-refractivity contribution in [3.8, 4) is 17.2 Å². The van der Waals surface area contributed by atoms with Crippen molar-refractivity contribution in [2.24, 2.45) is 5.73 Å². The van der Waals surface area contributed by atoms with Crippen molar-refractivity contribution in [3.05, 3.63) is 29.0 Å². The van der Waals surface area contributed by atoms with Crippen LogP contribution in [-0.4, -0.2) is 17.3 Å². The molecule has 5 nitrogen and oxygen atoms in total. The molecule has 0 aliphatic rings. The Balaban J connectivity index is 2.46. The van der Waals surface area contributed by atoms with E-state index in [1.54, 1.807) is 25.3 Å². The van der Waals surface area contributed by atoms with Gasteiger partial charge in [0, 0.05) is 5.02 Å². The van der Waals surface area contributed by atoms with Crippen LogP contribution in [0.15, 0.2) is 22.7 Å². The van der Waals surface area contributed by atoms with Gasteiger partial charge < -0.3 is 15.0 Å². The minimum absolute atomic E-state index is 0.347. The summed E-state index contributed by atoms with van der Waals surface area (Å²) in [6, 6.07) is 5.21. The lowest BCUT2D eigenvalue weighted by molar-refractivity contribution is 0.376. The van der Waals surface area contributed by atoms with Crippen LogP contribution in [0.3, 0.4) is 0 Å². The van der Waals surface area contributed by atoms with Crippen LogP contribution in [0.1, 0.15) is 26.1 Å². The van der Waals surface area contributed by atoms with E-state index in [2.05, 4.69) is 10.1 Å². The molecule has 6 heteroatoms.